The Morgan fingerprint density at radius 2 is 1.82 bits per heavy atom. The van der Waals surface area contributed by atoms with Gasteiger partial charge < -0.3 is 4.90 Å². The van der Waals surface area contributed by atoms with Crippen LogP contribution in [0, 0.1) is 5.92 Å². The summed E-state index contributed by atoms with van der Waals surface area (Å²) < 4.78 is 0. The molecule has 0 spiro atoms. The van der Waals surface area contributed by atoms with Gasteiger partial charge in [0.2, 0.25) is 5.91 Å². The topological polar surface area (TPSA) is 78.4 Å². The number of rotatable bonds is 6. The van der Waals surface area contributed by atoms with Crippen molar-refractivity contribution in [2.45, 2.75) is 32.2 Å². The molecular formula is C26H29N5O2S. The smallest absolute Gasteiger partial charge is 0.276 e. The fourth-order valence-electron chi connectivity index (χ4n) is 4.72. The van der Waals surface area contributed by atoms with Crippen LogP contribution < -0.4 is 5.32 Å². The van der Waals surface area contributed by atoms with Crippen LogP contribution in [0.5, 0.6) is 0 Å². The number of hydrogen-bond donors (Lipinski definition) is 1. The van der Waals surface area contributed by atoms with Crippen LogP contribution in [0.1, 0.15) is 39.5 Å². The monoisotopic (exact) mass is 475 g/mol. The summed E-state index contributed by atoms with van der Waals surface area (Å²) in [6, 6.07) is 15.9. The van der Waals surface area contributed by atoms with E-state index in [-0.39, 0.29) is 11.8 Å². The van der Waals surface area contributed by atoms with Crippen molar-refractivity contribution < 1.29 is 9.59 Å². The molecule has 34 heavy (non-hydrogen) atoms. The van der Waals surface area contributed by atoms with Crippen LogP contribution in [0.4, 0.5) is 5.13 Å². The standard InChI is InChI=1S/C26H29N5O2S/c32-24(31-14-9-20(10-15-31)16-19-6-2-1-3-7-19)18-30-13-11-21-23(17-30)34-26(28-21)29-25(33)22-8-4-5-12-27-22/h1-8,12,20H,9-11,13-18H2,(H,28,29,33). The lowest BCUT2D eigenvalue weighted by Gasteiger charge is -2.34. The fraction of sp³-hybridized carbons (Fsp3) is 0.385. The van der Waals surface area contributed by atoms with E-state index >= 15 is 0 Å². The number of anilines is 1. The molecule has 0 radical (unpaired) electrons. The maximum Gasteiger partial charge on any atom is 0.276 e. The number of fused-ring (bicyclic) bond motifs is 1. The van der Waals surface area contributed by atoms with Crippen molar-refractivity contribution >= 4 is 28.3 Å². The molecule has 1 fully saturated rings. The third-order valence-electron chi connectivity index (χ3n) is 6.62. The Labute approximate surface area is 203 Å². The molecular weight excluding hydrogens is 446 g/mol. The van der Waals surface area contributed by atoms with Gasteiger partial charge in [-0.2, -0.15) is 0 Å². The highest BCUT2D eigenvalue weighted by Crippen LogP contribution is 2.29. The van der Waals surface area contributed by atoms with Gasteiger partial charge in [0, 0.05) is 43.7 Å². The maximum absolute atomic E-state index is 13.0. The maximum atomic E-state index is 13.0. The van der Waals surface area contributed by atoms with E-state index in [1.807, 2.05) is 4.90 Å². The quantitative estimate of drug-likeness (QED) is 0.589. The Morgan fingerprint density at radius 1 is 1.03 bits per heavy atom. The van der Waals surface area contributed by atoms with Gasteiger partial charge >= 0.3 is 0 Å². The van der Waals surface area contributed by atoms with Crippen molar-refractivity contribution in [3.8, 4) is 0 Å². The van der Waals surface area contributed by atoms with Gasteiger partial charge in [-0.3, -0.25) is 24.8 Å². The molecule has 2 amide bonds. The average molecular weight is 476 g/mol. The zero-order valence-electron chi connectivity index (χ0n) is 19.2. The zero-order valence-corrected chi connectivity index (χ0v) is 20.0. The summed E-state index contributed by atoms with van der Waals surface area (Å²) in [7, 11) is 0. The molecule has 0 atom stereocenters. The Bertz CT molecular complexity index is 1130. The lowest BCUT2D eigenvalue weighted by atomic mass is 9.90. The second-order valence-electron chi connectivity index (χ2n) is 9.03. The summed E-state index contributed by atoms with van der Waals surface area (Å²) in [5.74, 6) is 0.616. The largest absolute Gasteiger partial charge is 0.342 e. The fourth-order valence-corrected chi connectivity index (χ4v) is 5.77. The van der Waals surface area contributed by atoms with Crippen LogP contribution in [0.15, 0.2) is 54.7 Å². The van der Waals surface area contributed by atoms with E-state index in [0.29, 0.717) is 29.8 Å². The van der Waals surface area contributed by atoms with E-state index in [1.165, 1.54) is 16.9 Å². The average Bonchev–Trinajstić information content (AvgIpc) is 3.27. The molecule has 1 N–H and O–H groups in total. The molecule has 7 nitrogen and oxygen atoms in total. The summed E-state index contributed by atoms with van der Waals surface area (Å²) in [4.78, 5) is 39.4. The molecule has 0 bridgehead atoms. The first-order valence-corrected chi connectivity index (χ1v) is 12.7. The zero-order chi connectivity index (χ0) is 23.3. The molecule has 2 aliphatic rings. The SMILES string of the molecule is O=C(Nc1nc2c(s1)CN(CC(=O)N1CCC(Cc3ccccc3)CC1)CC2)c1ccccn1. The number of likely N-dealkylation sites (tertiary alicyclic amines) is 1. The Balaban J connectivity index is 1.10. The first-order valence-electron chi connectivity index (χ1n) is 11.9. The predicted octanol–water partition coefficient (Wildman–Crippen LogP) is 3.63. The van der Waals surface area contributed by atoms with E-state index in [1.54, 1.807) is 24.4 Å². The van der Waals surface area contributed by atoms with Crippen LogP contribution in [0.2, 0.25) is 0 Å². The van der Waals surface area contributed by atoms with Gasteiger partial charge in [0.05, 0.1) is 12.2 Å². The Hall–Kier alpha value is -3.10. The summed E-state index contributed by atoms with van der Waals surface area (Å²) >= 11 is 1.49. The third kappa shape index (κ3) is 5.51. The number of hydrogen-bond acceptors (Lipinski definition) is 6. The molecule has 3 aromatic rings. The van der Waals surface area contributed by atoms with Crippen molar-refractivity contribution in [2.75, 3.05) is 31.5 Å². The van der Waals surface area contributed by atoms with Gasteiger partial charge in [-0.15, -0.1) is 11.3 Å². The molecule has 176 valence electrons. The van der Waals surface area contributed by atoms with Gasteiger partial charge in [0.15, 0.2) is 5.13 Å². The van der Waals surface area contributed by atoms with Crippen LogP contribution >= 0.6 is 11.3 Å². The van der Waals surface area contributed by atoms with E-state index in [4.69, 9.17) is 0 Å². The molecule has 4 heterocycles. The van der Waals surface area contributed by atoms with Gasteiger partial charge in [-0.1, -0.05) is 36.4 Å². The highest BCUT2D eigenvalue weighted by atomic mass is 32.1. The van der Waals surface area contributed by atoms with Gasteiger partial charge in [0.25, 0.3) is 5.91 Å². The molecule has 1 aromatic carbocycles. The molecule has 0 aliphatic carbocycles. The van der Waals surface area contributed by atoms with Crippen LogP contribution in [0.3, 0.4) is 0 Å². The number of nitrogens with zero attached hydrogens (tertiary/aromatic N) is 4. The minimum Gasteiger partial charge on any atom is -0.342 e. The van der Waals surface area contributed by atoms with Gasteiger partial charge in [0.1, 0.15) is 5.69 Å². The lowest BCUT2D eigenvalue weighted by Crippen LogP contribution is -2.45. The molecule has 8 heteroatoms. The van der Waals surface area contributed by atoms with Crippen molar-refractivity contribution in [3.63, 3.8) is 0 Å². The van der Waals surface area contributed by atoms with E-state index < -0.39 is 0 Å². The summed E-state index contributed by atoms with van der Waals surface area (Å²) in [6.07, 6.45) is 5.63. The number of thiazole rings is 1. The van der Waals surface area contributed by atoms with E-state index in [9.17, 15) is 9.59 Å². The second-order valence-corrected chi connectivity index (χ2v) is 10.1. The van der Waals surface area contributed by atoms with Crippen LogP contribution in [0.25, 0.3) is 0 Å². The number of benzene rings is 1. The summed E-state index contributed by atoms with van der Waals surface area (Å²) in [6.45, 7) is 3.64. The normalized spacial score (nSPS) is 16.8. The van der Waals surface area contributed by atoms with Crippen molar-refractivity contribution in [2.24, 2.45) is 5.92 Å². The molecule has 0 saturated carbocycles. The Kier molecular flexibility index (Phi) is 6.97. The van der Waals surface area contributed by atoms with Crippen LogP contribution in [-0.2, 0) is 24.2 Å². The van der Waals surface area contributed by atoms with Crippen LogP contribution in [-0.4, -0.2) is 57.8 Å². The minimum absolute atomic E-state index is 0.217. The van der Waals surface area contributed by atoms with Gasteiger partial charge in [-0.25, -0.2) is 4.98 Å². The third-order valence-corrected chi connectivity index (χ3v) is 7.62. The minimum atomic E-state index is -0.255. The first-order chi connectivity index (χ1) is 16.6. The van der Waals surface area contributed by atoms with Gasteiger partial charge in [-0.05, 0) is 42.9 Å². The highest BCUT2D eigenvalue weighted by molar-refractivity contribution is 7.15. The lowest BCUT2D eigenvalue weighted by molar-refractivity contribution is -0.134. The van der Waals surface area contributed by atoms with Crippen molar-refractivity contribution in [3.05, 3.63) is 76.6 Å². The molecule has 1 saturated heterocycles. The number of amides is 2. The van der Waals surface area contributed by atoms with Crippen molar-refractivity contribution in [1.29, 1.82) is 0 Å². The van der Waals surface area contributed by atoms with E-state index in [0.717, 1.165) is 55.9 Å². The number of carbonyl (C=O) groups excluding carboxylic acids is 2. The number of nitrogens with one attached hydrogen (secondary N) is 1. The number of piperidine rings is 1. The first kappa shape index (κ1) is 22.7. The summed E-state index contributed by atoms with van der Waals surface area (Å²) in [5.41, 5.74) is 2.78. The number of pyridine rings is 1. The number of carbonyl (C=O) groups is 2. The molecule has 2 aliphatic heterocycles. The Morgan fingerprint density at radius 3 is 2.59 bits per heavy atom. The van der Waals surface area contributed by atoms with Crippen molar-refractivity contribution in [1.82, 2.24) is 19.8 Å². The number of aromatic nitrogens is 2. The van der Waals surface area contributed by atoms with E-state index in [2.05, 4.69) is 50.5 Å². The molecule has 2 aromatic heterocycles. The predicted molar refractivity (Wildman–Crippen MR) is 133 cm³/mol. The molecule has 0 unspecified atom stereocenters. The summed E-state index contributed by atoms with van der Waals surface area (Å²) in [5, 5.41) is 3.45. The molecule has 5 rings (SSSR count). The highest BCUT2D eigenvalue weighted by Gasteiger charge is 2.27. The second kappa shape index (κ2) is 10.4.